The molecule has 128 valence electrons. The predicted molar refractivity (Wildman–Crippen MR) is 97.0 cm³/mol. The largest absolute Gasteiger partial charge is 0.348 e. The Morgan fingerprint density at radius 2 is 1.87 bits per heavy atom. The van der Waals surface area contributed by atoms with Gasteiger partial charge in [0.15, 0.2) is 0 Å². The minimum Gasteiger partial charge on any atom is -0.348 e. The van der Waals surface area contributed by atoms with E-state index in [1.165, 1.54) is 31.2 Å². The van der Waals surface area contributed by atoms with Gasteiger partial charge in [0, 0.05) is 17.6 Å². The number of nitrogens with one attached hydrogen (secondary N) is 1. The molecule has 1 aliphatic heterocycles. The molecule has 1 amide bonds. The summed E-state index contributed by atoms with van der Waals surface area (Å²) in [6.07, 6.45) is 6.02. The molecule has 0 bridgehead atoms. The monoisotopic (exact) mass is 316 g/mol. The summed E-state index contributed by atoms with van der Waals surface area (Å²) in [7, 11) is 2.16. The van der Waals surface area contributed by atoms with Crippen molar-refractivity contribution in [3.8, 4) is 0 Å². The fraction of sp³-hybridized carbons (Fsp3) is 0.650. The van der Waals surface area contributed by atoms with E-state index in [2.05, 4.69) is 36.3 Å². The van der Waals surface area contributed by atoms with Crippen molar-refractivity contribution in [2.45, 2.75) is 70.9 Å². The topological polar surface area (TPSA) is 32.3 Å². The minimum absolute atomic E-state index is 0.0736. The number of amides is 1. The number of hydrogen-bond donors (Lipinski definition) is 1. The highest BCUT2D eigenvalue weighted by atomic mass is 16.1. The van der Waals surface area contributed by atoms with E-state index in [1.807, 2.05) is 26.0 Å². The highest BCUT2D eigenvalue weighted by molar-refractivity contribution is 5.94. The van der Waals surface area contributed by atoms with Gasteiger partial charge in [-0.1, -0.05) is 32.9 Å². The second kappa shape index (κ2) is 8.49. The molecule has 2 atom stereocenters. The summed E-state index contributed by atoms with van der Waals surface area (Å²) < 4.78 is 0. The molecule has 0 radical (unpaired) electrons. The van der Waals surface area contributed by atoms with Crippen molar-refractivity contribution in [2.75, 3.05) is 13.6 Å². The first-order valence-electron chi connectivity index (χ1n) is 9.30. The molecule has 0 spiro atoms. The predicted octanol–water partition coefficient (Wildman–Crippen LogP) is 4.19. The molecule has 2 fully saturated rings. The molecule has 1 aliphatic carbocycles. The van der Waals surface area contributed by atoms with Crippen molar-refractivity contribution in [3.63, 3.8) is 0 Å². The van der Waals surface area contributed by atoms with Crippen LogP contribution in [0.25, 0.3) is 0 Å². The van der Waals surface area contributed by atoms with Gasteiger partial charge in [-0.25, -0.2) is 0 Å². The van der Waals surface area contributed by atoms with Gasteiger partial charge in [-0.2, -0.15) is 0 Å². The average Bonchev–Trinajstić information content (AvgIpc) is 3.36. The molecule has 1 N–H and O–H groups in total. The van der Waals surface area contributed by atoms with Gasteiger partial charge in [0.05, 0.1) is 0 Å². The maximum atomic E-state index is 12.4. The fourth-order valence-electron chi connectivity index (χ4n) is 3.49. The number of carbonyl (C=O) groups excluding carboxylic acids is 1. The van der Waals surface area contributed by atoms with E-state index in [0.717, 1.165) is 24.4 Å². The number of hydrogen-bond acceptors (Lipinski definition) is 2. The lowest BCUT2D eigenvalue weighted by Crippen LogP contribution is -2.47. The Morgan fingerprint density at radius 1 is 1.22 bits per heavy atom. The molecule has 1 aromatic carbocycles. The highest BCUT2D eigenvalue weighted by Gasteiger charge is 2.29. The van der Waals surface area contributed by atoms with Crippen molar-refractivity contribution < 1.29 is 4.79 Å². The Kier molecular flexibility index (Phi) is 6.64. The number of likely N-dealkylation sites (N-methyl/N-ethyl adjacent to an activating group) is 1. The first kappa shape index (κ1) is 18.0. The molecule has 1 aromatic rings. The van der Waals surface area contributed by atoms with Crippen molar-refractivity contribution in [3.05, 3.63) is 35.4 Å². The van der Waals surface area contributed by atoms with Crippen LogP contribution in [0.2, 0.25) is 0 Å². The van der Waals surface area contributed by atoms with Gasteiger partial charge >= 0.3 is 0 Å². The fourth-order valence-corrected chi connectivity index (χ4v) is 3.49. The summed E-state index contributed by atoms with van der Waals surface area (Å²) in [5, 5.41) is 3.24. The zero-order chi connectivity index (χ0) is 16.8. The zero-order valence-electron chi connectivity index (χ0n) is 15.1. The molecule has 3 rings (SSSR count). The summed E-state index contributed by atoms with van der Waals surface area (Å²) in [6.45, 7) is 7.31. The van der Waals surface area contributed by atoms with E-state index in [1.54, 1.807) is 0 Å². The molecule has 1 saturated carbocycles. The van der Waals surface area contributed by atoms with Gasteiger partial charge in [-0.15, -0.1) is 0 Å². The SMILES string of the molecule is CC.CCC(NC(=O)c1ccc(C2CC2)cc1)C1CCCN1C. The van der Waals surface area contributed by atoms with Crippen LogP contribution >= 0.6 is 0 Å². The van der Waals surface area contributed by atoms with Crippen molar-refractivity contribution in [1.82, 2.24) is 10.2 Å². The summed E-state index contributed by atoms with van der Waals surface area (Å²) in [5.74, 6) is 0.821. The second-order valence-electron chi connectivity index (χ2n) is 6.57. The lowest BCUT2D eigenvalue weighted by molar-refractivity contribution is 0.0911. The standard InChI is InChI=1S/C18H26N2O.C2H6/c1-3-16(17-5-4-12-20(17)2)19-18(21)15-10-8-14(9-11-15)13-6-7-13;1-2/h8-11,13,16-17H,3-7,12H2,1-2H3,(H,19,21);1-2H3. The van der Waals surface area contributed by atoms with Crippen LogP contribution in [0.4, 0.5) is 0 Å². The molecule has 3 heteroatoms. The van der Waals surface area contributed by atoms with Crippen LogP contribution in [0.3, 0.4) is 0 Å². The van der Waals surface area contributed by atoms with E-state index in [0.29, 0.717) is 6.04 Å². The average molecular weight is 316 g/mol. The van der Waals surface area contributed by atoms with Crippen LogP contribution in [0.5, 0.6) is 0 Å². The van der Waals surface area contributed by atoms with E-state index in [-0.39, 0.29) is 11.9 Å². The zero-order valence-corrected chi connectivity index (χ0v) is 15.1. The van der Waals surface area contributed by atoms with Gasteiger partial charge in [0.25, 0.3) is 5.91 Å². The first-order valence-corrected chi connectivity index (χ1v) is 9.30. The van der Waals surface area contributed by atoms with Crippen LogP contribution in [0.15, 0.2) is 24.3 Å². The van der Waals surface area contributed by atoms with E-state index >= 15 is 0 Å². The maximum Gasteiger partial charge on any atom is 0.251 e. The van der Waals surface area contributed by atoms with Crippen LogP contribution in [0.1, 0.15) is 74.7 Å². The van der Waals surface area contributed by atoms with Gasteiger partial charge in [0.2, 0.25) is 0 Å². The lowest BCUT2D eigenvalue weighted by atomic mass is 10.0. The normalized spacial score (nSPS) is 22.2. The summed E-state index contributed by atoms with van der Waals surface area (Å²) in [4.78, 5) is 14.8. The smallest absolute Gasteiger partial charge is 0.251 e. The number of nitrogens with zero attached hydrogens (tertiary/aromatic N) is 1. The minimum atomic E-state index is 0.0736. The Bertz CT molecular complexity index is 493. The molecule has 0 aromatic heterocycles. The Hall–Kier alpha value is -1.35. The van der Waals surface area contributed by atoms with Gasteiger partial charge in [-0.05, 0) is 69.3 Å². The van der Waals surface area contributed by atoms with E-state index in [4.69, 9.17) is 0 Å². The summed E-state index contributed by atoms with van der Waals surface area (Å²) in [6, 6.07) is 8.95. The van der Waals surface area contributed by atoms with Crippen LogP contribution in [-0.2, 0) is 0 Å². The Labute approximate surface area is 141 Å². The summed E-state index contributed by atoms with van der Waals surface area (Å²) >= 11 is 0. The van der Waals surface area contributed by atoms with Crippen molar-refractivity contribution in [1.29, 1.82) is 0 Å². The van der Waals surface area contributed by atoms with E-state index < -0.39 is 0 Å². The molecular formula is C20H32N2O. The third-order valence-electron chi connectivity index (χ3n) is 5.02. The molecular weight excluding hydrogens is 284 g/mol. The van der Waals surface area contributed by atoms with Gasteiger partial charge in [0.1, 0.15) is 0 Å². The number of likely N-dealkylation sites (tertiary alicyclic amines) is 1. The maximum absolute atomic E-state index is 12.4. The van der Waals surface area contributed by atoms with Crippen molar-refractivity contribution in [2.24, 2.45) is 0 Å². The third kappa shape index (κ3) is 4.57. The molecule has 1 saturated heterocycles. The molecule has 1 heterocycles. The first-order chi connectivity index (χ1) is 11.2. The quantitative estimate of drug-likeness (QED) is 0.883. The lowest BCUT2D eigenvalue weighted by Gasteiger charge is -2.29. The van der Waals surface area contributed by atoms with E-state index in [9.17, 15) is 4.79 Å². The molecule has 3 nitrogen and oxygen atoms in total. The van der Waals surface area contributed by atoms with Crippen molar-refractivity contribution >= 4 is 5.91 Å². The number of carbonyl (C=O) groups is 1. The summed E-state index contributed by atoms with van der Waals surface area (Å²) in [5.41, 5.74) is 2.17. The van der Waals surface area contributed by atoms with Crippen LogP contribution in [0, 0.1) is 0 Å². The van der Waals surface area contributed by atoms with Crippen LogP contribution in [-0.4, -0.2) is 36.5 Å². The molecule has 2 unspecified atom stereocenters. The highest BCUT2D eigenvalue weighted by Crippen LogP contribution is 2.39. The van der Waals surface area contributed by atoms with Gasteiger partial charge in [-0.3, -0.25) is 4.79 Å². The molecule has 23 heavy (non-hydrogen) atoms. The Morgan fingerprint density at radius 3 is 2.35 bits per heavy atom. The number of benzene rings is 1. The van der Waals surface area contributed by atoms with Crippen LogP contribution < -0.4 is 5.32 Å². The number of rotatable bonds is 5. The second-order valence-corrected chi connectivity index (χ2v) is 6.57. The third-order valence-corrected chi connectivity index (χ3v) is 5.02. The van der Waals surface area contributed by atoms with Gasteiger partial charge < -0.3 is 10.2 Å². The molecule has 2 aliphatic rings. The Balaban J connectivity index is 0.000000924.